The summed E-state index contributed by atoms with van der Waals surface area (Å²) in [4.78, 5) is 35.1. The monoisotopic (exact) mass is 883 g/mol. The molecular weight excluding hydrogens is 792 g/mol. The molecule has 0 saturated heterocycles. The molecule has 61 heavy (non-hydrogen) atoms. The van der Waals surface area contributed by atoms with Crippen LogP contribution in [-0.4, -0.2) is 65.7 Å². The van der Waals surface area contributed by atoms with Crippen molar-refractivity contribution in [2.45, 2.75) is 232 Å². The van der Waals surface area contributed by atoms with Crippen LogP contribution in [0.25, 0.3) is 0 Å². The minimum absolute atomic E-state index is 0.158. The maximum Gasteiger partial charge on any atom is 0.472 e. The van der Waals surface area contributed by atoms with Gasteiger partial charge in [0.15, 0.2) is 6.10 Å². The number of esters is 2. The molecule has 356 valence electrons. The molecule has 0 aromatic rings. The van der Waals surface area contributed by atoms with Crippen LogP contribution in [0.3, 0.4) is 0 Å². The molecule has 0 radical (unpaired) electrons. The van der Waals surface area contributed by atoms with E-state index in [1.807, 2.05) is 0 Å². The SMILES string of the molecule is CCCCC/C=C/C/C=C/C/C=C/CCCCCCC(=O)O[C@H](COC(=O)CCCCCCCCCCCCC/C=C/CCCCCCCC)COP(=O)(O)OC[C@@H](O)CO. The molecule has 11 heteroatoms. The van der Waals surface area contributed by atoms with Crippen LogP contribution in [0.2, 0.25) is 0 Å². The van der Waals surface area contributed by atoms with Crippen LogP contribution in [0.5, 0.6) is 0 Å². The maximum absolute atomic E-state index is 12.6. The fourth-order valence-corrected chi connectivity index (χ4v) is 7.43. The Hall–Kier alpha value is -2.07. The van der Waals surface area contributed by atoms with Gasteiger partial charge in [-0.2, -0.15) is 0 Å². The van der Waals surface area contributed by atoms with E-state index in [9.17, 15) is 24.2 Å². The van der Waals surface area contributed by atoms with Crippen molar-refractivity contribution in [2.75, 3.05) is 26.4 Å². The molecule has 0 aliphatic carbocycles. The Morgan fingerprint density at radius 1 is 0.492 bits per heavy atom. The van der Waals surface area contributed by atoms with E-state index in [2.05, 4.69) is 62.5 Å². The molecule has 10 nitrogen and oxygen atoms in total. The van der Waals surface area contributed by atoms with Gasteiger partial charge in [0.2, 0.25) is 0 Å². The molecule has 0 bridgehead atoms. The molecule has 0 fully saturated rings. The molecule has 0 amide bonds. The van der Waals surface area contributed by atoms with Gasteiger partial charge in [0.05, 0.1) is 19.8 Å². The van der Waals surface area contributed by atoms with Crippen molar-refractivity contribution in [3.8, 4) is 0 Å². The normalized spacial score (nSPS) is 14.1. The highest BCUT2D eigenvalue weighted by molar-refractivity contribution is 7.47. The first-order valence-corrected chi connectivity index (χ1v) is 26.1. The lowest BCUT2D eigenvalue weighted by atomic mass is 10.0. The predicted octanol–water partition coefficient (Wildman–Crippen LogP) is 13.7. The summed E-state index contributed by atoms with van der Waals surface area (Å²) in [7, 11) is -4.63. The zero-order valence-electron chi connectivity index (χ0n) is 38.9. The van der Waals surface area contributed by atoms with Crippen molar-refractivity contribution in [3.05, 3.63) is 48.6 Å². The number of phosphoric ester groups is 1. The minimum Gasteiger partial charge on any atom is -0.462 e. The Labute approximate surface area is 373 Å². The number of hydrogen-bond donors (Lipinski definition) is 3. The largest absolute Gasteiger partial charge is 0.472 e. The van der Waals surface area contributed by atoms with E-state index < -0.39 is 51.8 Å². The number of rotatable bonds is 46. The summed E-state index contributed by atoms with van der Waals surface area (Å²) in [5.74, 6) is -0.947. The van der Waals surface area contributed by atoms with Crippen LogP contribution in [0.15, 0.2) is 48.6 Å². The summed E-state index contributed by atoms with van der Waals surface area (Å²) >= 11 is 0. The second-order valence-electron chi connectivity index (χ2n) is 16.5. The van der Waals surface area contributed by atoms with Crippen LogP contribution < -0.4 is 0 Å². The number of unbranched alkanes of at least 4 members (excludes halogenated alkanes) is 24. The van der Waals surface area contributed by atoms with Crippen LogP contribution in [0.1, 0.15) is 219 Å². The van der Waals surface area contributed by atoms with Crippen LogP contribution in [-0.2, 0) is 32.7 Å². The Kier molecular flexibility index (Phi) is 44.4. The molecule has 3 atom stereocenters. The number of aliphatic hydroxyl groups excluding tert-OH is 2. The molecule has 0 heterocycles. The van der Waals surface area contributed by atoms with Gasteiger partial charge in [-0.05, 0) is 77.0 Å². The van der Waals surface area contributed by atoms with Crippen molar-refractivity contribution in [1.82, 2.24) is 0 Å². The zero-order chi connectivity index (χ0) is 44.8. The van der Waals surface area contributed by atoms with E-state index in [4.69, 9.17) is 23.6 Å². The van der Waals surface area contributed by atoms with E-state index in [0.717, 1.165) is 57.8 Å². The van der Waals surface area contributed by atoms with Crippen molar-refractivity contribution in [3.63, 3.8) is 0 Å². The summed E-state index contributed by atoms with van der Waals surface area (Å²) in [5, 5.41) is 18.4. The molecule has 0 saturated carbocycles. The van der Waals surface area contributed by atoms with Gasteiger partial charge in [-0.15, -0.1) is 0 Å². The number of carbonyl (C=O) groups excluding carboxylic acids is 2. The molecule has 0 aromatic carbocycles. The summed E-state index contributed by atoms with van der Waals surface area (Å²) in [6.45, 7) is 2.34. The van der Waals surface area contributed by atoms with Crippen LogP contribution in [0, 0.1) is 0 Å². The third kappa shape index (κ3) is 45.8. The molecular formula is C50H91O10P. The van der Waals surface area contributed by atoms with Gasteiger partial charge in [-0.25, -0.2) is 4.57 Å². The zero-order valence-corrected chi connectivity index (χ0v) is 39.8. The van der Waals surface area contributed by atoms with Gasteiger partial charge in [0, 0.05) is 12.8 Å². The van der Waals surface area contributed by atoms with Gasteiger partial charge in [-0.1, -0.05) is 178 Å². The summed E-state index contributed by atoms with van der Waals surface area (Å²) in [5.41, 5.74) is 0. The van der Waals surface area contributed by atoms with E-state index in [-0.39, 0.29) is 19.4 Å². The quantitative estimate of drug-likeness (QED) is 0.0233. The minimum atomic E-state index is -4.63. The van der Waals surface area contributed by atoms with E-state index in [1.54, 1.807) is 0 Å². The lowest BCUT2D eigenvalue weighted by Gasteiger charge is -2.20. The number of phosphoric acid groups is 1. The Morgan fingerprint density at radius 3 is 1.33 bits per heavy atom. The predicted molar refractivity (Wildman–Crippen MR) is 251 cm³/mol. The number of carbonyl (C=O) groups is 2. The number of aliphatic hydroxyl groups is 2. The smallest absolute Gasteiger partial charge is 0.462 e. The molecule has 0 aromatic heterocycles. The lowest BCUT2D eigenvalue weighted by molar-refractivity contribution is -0.161. The first-order valence-electron chi connectivity index (χ1n) is 24.6. The maximum atomic E-state index is 12.6. The van der Waals surface area contributed by atoms with Crippen molar-refractivity contribution in [1.29, 1.82) is 0 Å². The van der Waals surface area contributed by atoms with Crippen LogP contribution >= 0.6 is 7.82 Å². The van der Waals surface area contributed by atoms with E-state index in [1.165, 1.54) is 122 Å². The van der Waals surface area contributed by atoms with Crippen molar-refractivity contribution in [2.24, 2.45) is 0 Å². The van der Waals surface area contributed by atoms with Gasteiger partial charge in [0.25, 0.3) is 0 Å². The molecule has 3 N–H and O–H groups in total. The van der Waals surface area contributed by atoms with E-state index >= 15 is 0 Å². The fourth-order valence-electron chi connectivity index (χ4n) is 6.64. The molecule has 0 aliphatic rings. The first-order chi connectivity index (χ1) is 29.7. The summed E-state index contributed by atoms with van der Waals surface area (Å²) in [6, 6.07) is 0. The molecule has 0 spiro atoms. The Bertz CT molecular complexity index is 1150. The van der Waals surface area contributed by atoms with Crippen molar-refractivity contribution >= 4 is 19.8 Å². The second-order valence-corrected chi connectivity index (χ2v) is 17.9. The first kappa shape index (κ1) is 58.9. The van der Waals surface area contributed by atoms with Crippen LogP contribution in [0.4, 0.5) is 0 Å². The average molecular weight is 883 g/mol. The van der Waals surface area contributed by atoms with E-state index in [0.29, 0.717) is 12.8 Å². The Morgan fingerprint density at radius 2 is 0.852 bits per heavy atom. The fraction of sp³-hybridized carbons (Fsp3) is 0.800. The van der Waals surface area contributed by atoms with Gasteiger partial charge in [-0.3, -0.25) is 18.6 Å². The standard InChI is InChI=1S/C50H91O10P/c1-3-5-7-9-11-13-15-17-19-21-22-23-24-26-27-29-31-33-35-37-39-41-49(53)57-45-48(46-59-61(55,56)58-44-47(52)43-51)60-50(54)42-40-38-36-34-32-30-28-25-20-18-16-14-12-10-8-6-4-2/h12,14,17-20,28,30,47-48,51-52H,3-11,13,15-16,21-27,29,31-46H2,1-2H3,(H,55,56)/b14-12+,19-17+,20-18+,30-28+/t47-,48+/m0/s1. The number of hydrogen-bond acceptors (Lipinski definition) is 9. The molecule has 0 rings (SSSR count). The Balaban J connectivity index is 4.23. The highest BCUT2D eigenvalue weighted by Crippen LogP contribution is 2.43. The highest BCUT2D eigenvalue weighted by atomic mass is 31.2. The lowest BCUT2D eigenvalue weighted by Crippen LogP contribution is -2.29. The topological polar surface area (TPSA) is 149 Å². The second kappa shape index (κ2) is 45.9. The van der Waals surface area contributed by atoms with Crippen molar-refractivity contribution < 1.29 is 47.8 Å². The highest BCUT2D eigenvalue weighted by Gasteiger charge is 2.27. The number of ether oxygens (including phenoxy) is 2. The van der Waals surface area contributed by atoms with Gasteiger partial charge in [0.1, 0.15) is 12.7 Å². The number of allylic oxidation sites excluding steroid dienone is 8. The van der Waals surface area contributed by atoms with Gasteiger partial charge < -0.3 is 24.6 Å². The molecule has 0 aliphatic heterocycles. The molecule has 1 unspecified atom stereocenters. The summed E-state index contributed by atoms with van der Waals surface area (Å²) in [6.07, 6.45) is 50.7. The third-order valence-electron chi connectivity index (χ3n) is 10.5. The summed E-state index contributed by atoms with van der Waals surface area (Å²) < 4.78 is 32.8. The third-order valence-corrected chi connectivity index (χ3v) is 11.4. The average Bonchev–Trinajstić information content (AvgIpc) is 3.25. The van der Waals surface area contributed by atoms with Gasteiger partial charge >= 0.3 is 19.8 Å².